The maximum atomic E-state index is 5.58. The Bertz CT molecular complexity index is 946. The van der Waals surface area contributed by atoms with Crippen molar-refractivity contribution < 1.29 is 4.74 Å². The molecule has 0 saturated carbocycles. The first-order chi connectivity index (χ1) is 11.4. The minimum absolute atomic E-state index is 0.643. The minimum atomic E-state index is 0.643. The second-order valence-electron chi connectivity index (χ2n) is 5.19. The third-order valence-corrected chi connectivity index (χ3v) is 3.75. The summed E-state index contributed by atoms with van der Waals surface area (Å²) in [6, 6.07) is 24.0. The van der Waals surface area contributed by atoms with Crippen LogP contribution in [0.1, 0.15) is 0 Å². The molecule has 0 aliphatic heterocycles. The molecule has 4 rings (SSSR count). The zero-order chi connectivity index (χ0) is 15.6. The number of fused-ring (bicyclic) bond motifs is 1. The summed E-state index contributed by atoms with van der Waals surface area (Å²) in [5.41, 5.74) is 4.52. The summed E-state index contributed by atoms with van der Waals surface area (Å²) in [4.78, 5) is 4.66. The van der Waals surface area contributed by atoms with Gasteiger partial charge in [-0.3, -0.25) is 0 Å². The fourth-order valence-corrected chi connectivity index (χ4v) is 2.64. The van der Waals surface area contributed by atoms with Gasteiger partial charge in [-0.05, 0) is 12.1 Å². The fourth-order valence-electron chi connectivity index (χ4n) is 2.64. The highest BCUT2D eigenvalue weighted by Crippen LogP contribution is 2.30. The van der Waals surface area contributed by atoms with E-state index < -0.39 is 0 Å². The molecule has 0 radical (unpaired) electrons. The Labute approximate surface area is 134 Å². The van der Waals surface area contributed by atoms with Gasteiger partial charge in [-0.25, -0.2) is 4.98 Å². The number of hydrogen-bond acceptors (Lipinski definition) is 3. The highest BCUT2D eigenvalue weighted by Gasteiger charge is 2.16. The molecule has 4 nitrogen and oxygen atoms in total. The Morgan fingerprint density at radius 1 is 0.783 bits per heavy atom. The highest BCUT2D eigenvalue weighted by molar-refractivity contribution is 5.70. The zero-order valence-corrected chi connectivity index (χ0v) is 12.7. The Hall–Kier alpha value is -3.14. The summed E-state index contributed by atoms with van der Waals surface area (Å²) in [6.45, 7) is 0. The van der Waals surface area contributed by atoms with Crippen molar-refractivity contribution in [2.75, 3.05) is 7.11 Å². The van der Waals surface area contributed by atoms with Crippen LogP contribution in [0.2, 0.25) is 0 Å². The summed E-state index contributed by atoms with van der Waals surface area (Å²) in [7, 11) is 1.65. The minimum Gasteiger partial charge on any atom is -0.479 e. The van der Waals surface area contributed by atoms with Crippen LogP contribution >= 0.6 is 0 Å². The summed E-state index contributed by atoms with van der Waals surface area (Å²) in [5, 5.41) is 4.69. The van der Waals surface area contributed by atoms with E-state index in [0.717, 1.165) is 28.2 Å². The van der Waals surface area contributed by atoms with E-state index >= 15 is 0 Å². The van der Waals surface area contributed by atoms with Gasteiger partial charge in [0.15, 0.2) is 5.65 Å². The molecule has 0 spiro atoms. The summed E-state index contributed by atoms with van der Waals surface area (Å²) < 4.78 is 7.34. The maximum Gasteiger partial charge on any atom is 0.243 e. The van der Waals surface area contributed by atoms with Crippen LogP contribution in [-0.4, -0.2) is 21.7 Å². The van der Waals surface area contributed by atoms with E-state index in [1.165, 1.54) is 0 Å². The lowest BCUT2D eigenvalue weighted by Gasteiger charge is -2.04. The summed E-state index contributed by atoms with van der Waals surface area (Å²) in [5.74, 6) is 0.643. The van der Waals surface area contributed by atoms with Crippen LogP contribution in [0.15, 0.2) is 72.8 Å². The number of methoxy groups -OCH3 is 1. The normalized spacial score (nSPS) is 10.8. The van der Waals surface area contributed by atoms with Crippen molar-refractivity contribution in [2.24, 2.45) is 0 Å². The van der Waals surface area contributed by atoms with Gasteiger partial charge >= 0.3 is 0 Å². The van der Waals surface area contributed by atoms with Gasteiger partial charge in [-0.1, -0.05) is 60.7 Å². The summed E-state index contributed by atoms with van der Waals surface area (Å²) >= 11 is 0. The van der Waals surface area contributed by atoms with E-state index in [2.05, 4.69) is 4.98 Å². The van der Waals surface area contributed by atoms with Crippen molar-refractivity contribution in [3.63, 3.8) is 0 Å². The quantitative estimate of drug-likeness (QED) is 0.572. The van der Waals surface area contributed by atoms with Crippen LogP contribution in [0.5, 0.6) is 5.88 Å². The second kappa shape index (κ2) is 5.57. The molecule has 2 heterocycles. The topological polar surface area (TPSA) is 39.4 Å². The molecule has 0 aliphatic rings. The third-order valence-electron chi connectivity index (χ3n) is 3.75. The van der Waals surface area contributed by atoms with E-state index in [9.17, 15) is 0 Å². The lowest BCUT2D eigenvalue weighted by atomic mass is 10.1. The smallest absolute Gasteiger partial charge is 0.243 e. The van der Waals surface area contributed by atoms with Crippen LogP contribution in [0.3, 0.4) is 0 Å². The van der Waals surface area contributed by atoms with E-state index in [1.54, 1.807) is 11.6 Å². The van der Waals surface area contributed by atoms with Gasteiger partial charge in [-0.15, -0.1) is 0 Å². The van der Waals surface area contributed by atoms with Crippen LogP contribution < -0.4 is 4.74 Å². The van der Waals surface area contributed by atoms with Crippen molar-refractivity contribution in [1.29, 1.82) is 0 Å². The van der Waals surface area contributed by atoms with Crippen LogP contribution in [0, 0.1) is 0 Å². The van der Waals surface area contributed by atoms with E-state index in [-0.39, 0.29) is 0 Å². The molecule has 0 fully saturated rings. The molecule has 4 heteroatoms. The molecule has 0 bridgehead atoms. The van der Waals surface area contributed by atoms with Crippen molar-refractivity contribution in [3.8, 4) is 28.4 Å². The van der Waals surface area contributed by atoms with Gasteiger partial charge in [0.1, 0.15) is 5.69 Å². The van der Waals surface area contributed by atoms with Crippen molar-refractivity contribution in [3.05, 3.63) is 72.8 Å². The van der Waals surface area contributed by atoms with Gasteiger partial charge in [0.2, 0.25) is 5.88 Å². The van der Waals surface area contributed by atoms with Crippen molar-refractivity contribution in [2.45, 2.75) is 0 Å². The molecule has 0 N–H and O–H groups in total. The first-order valence-corrected chi connectivity index (χ1v) is 7.41. The van der Waals surface area contributed by atoms with Crippen molar-refractivity contribution in [1.82, 2.24) is 14.6 Å². The Balaban J connectivity index is 1.92. The molecular formula is C19H15N3O. The van der Waals surface area contributed by atoms with E-state index in [1.807, 2.05) is 72.8 Å². The lowest BCUT2D eigenvalue weighted by Crippen LogP contribution is -1.97. The Morgan fingerprint density at radius 3 is 2.09 bits per heavy atom. The molecule has 0 amide bonds. The molecular weight excluding hydrogens is 286 g/mol. The number of aromatic nitrogens is 3. The molecule has 2 aromatic carbocycles. The molecule has 0 saturated heterocycles. The lowest BCUT2D eigenvalue weighted by molar-refractivity contribution is 0.389. The number of imidazole rings is 1. The molecule has 0 unspecified atom stereocenters. The predicted octanol–water partition coefficient (Wildman–Crippen LogP) is 4.07. The molecule has 2 aromatic heterocycles. The standard InChI is InChI=1S/C19H15N3O/c1-23-19-18(15-10-6-3-7-11-15)20-17-13-12-16(21-22(17)19)14-8-4-2-5-9-14/h2-13H,1H3. The number of hydrogen-bond donors (Lipinski definition) is 0. The average Bonchev–Trinajstić information content (AvgIpc) is 3.01. The molecule has 0 aliphatic carbocycles. The average molecular weight is 301 g/mol. The molecule has 4 aromatic rings. The molecule has 112 valence electrons. The third kappa shape index (κ3) is 2.34. The maximum absolute atomic E-state index is 5.58. The van der Waals surface area contributed by atoms with Crippen LogP contribution in [0.4, 0.5) is 0 Å². The van der Waals surface area contributed by atoms with Gasteiger partial charge in [0, 0.05) is 11.1 Å². The van der Waals surface area contributed by atoms with Gasteiger partial charge in [-0.2, -0.15) is 9.61 Å². The second-order valence-corrected chi connectivity index (χ2v) is 5.19. The fraction of sp³-hybridized carbons (Fsp3) is 0.0526. The monoisotopic (exact) mass is 301 g/mol. The predicted molar refractivity (Wildman–Crippen MR) is 90.4 cm³/mol. The first kappa shape index (κ1) is 13.5. The van der Waals surface area contributed by atoms with Gasteiger partial charge < -0.3 is 4.74 Å². The molecule has 0 atom stereocenters. The highest BCUT2D eigenvalue weighted by atomic mass is 16.5. The molecule has 23 heavy (non-hydrogen) atoms. The van der Waals surface area contributed by atoms with Gasteiger partial charge in [0.25, 0.3) is 0 Å². The van der Waals surface area contributed by atoms with Crippen LogP contribution in [-0.2, 0) is 0 Å². The Morgan fingerprint density at radius 2 is 1.43 bits per heavy atom. The zero-order valence-electron chi connectivity index (χ0n) is 12.7. The van der Waals surface area contributed by atoms with E-state index in [0.29, 0.717) is 5.88 Å². The number of benzene rings is 2. The van der Waals surface area contributed by atoms with E-state index in [4.69, 9.17) is 9.84 Å². The largest absolute Gasteiger partial charge is 0.479 e. The SMILES string of the molecule is COc1c(-c2ccccc2)nc2ccc(-c3ccccc3)nn12. The number of nitrogens with zero attached hydrogens (tertiary/aromatic N) is 3. The Kier molecular flexibility index (Phi) is 3.27. The first-order valence-electron chi connectivity index (χ1n) is 7.41. The number of ether oxygens (including phenoxy) is 1. The van der Waals surface area contributed by atoms with Crippen molar-refractivity contribution >= 4 is 5.65 Å². The van der Waals surface area contributed by atoms with Crippen LogP contribution in [0.25, 0.3) is 28.2 Å². The number of rotatable bonds is 3. The van der Waals surface area contributed by atoms with Gasteiger partial charge in [0.05, 0.1) is 12.8 Å². The summed E-state index contributed by atoms with van der Waals surface area (Å²) in [6.07, 6.45) is 0.